The van der Waals surface area contributed by atoms with Crippen LogP contribution >= 0.6 is 0 Å². The lowest BCUT2D eigenvalue weighted by molar-refractivity contribution is -0.121. The maximum atomic E-state index is 11.1. The molecule has 0 atom stereocenters. The van der Waals surface area contributed by atoms with Crippen LogP contribution in [-0.2, 0) is 9.53 Å². The highest BCUT2D eigenvalue weighted by Gasteiger charge is 1.98. The minimum atomic E-state index is 0.108. The maximum absolute atomic E-state index is 11.1. The summed E-state index contributed by atoms with van der Waals surface area (Å²) >= 11 is 0. The van der Waals surface area contributed by atoms with Gasteiger partial charge in [0.25, 0.3) is 0 Å². The van der Waals surface area contributed by atoms with E-state index < -0.39 is 0 Å². The van der Waals surface area contributed by atoms with E-state index in [1.165, 1.54) is 0 Å². The second kappa shape index (κ2) is 9.48. The topological polar surface area (TPSA) is 50.4 Å². The summed E-state index contributed by atoms with van der Waals surface area (Å²) in [5.74, 6) is 0.108. The number of ether oxygens (including phenoxy) is 1. The van der Waals surface area contributed by atoms with Crippen molar-refractivity contribution in [3.8, 4) is 0 Å². The summed E-state index contributed by atoms with van der Waals surface area (Å²) in [5, 5.41) is 5.91. The number of amides is 1. The van der Waals surface area contributed by atoms with Crippen molar-refractivity contribution in [1.82, 2.24) is 10.6 Å². The Labute approximate surface area is 80.0 Å². The van der Waals surface area contributed by atoms with Crippen LogP contribution in [0, 0.1) is 0 Å². The highest BCUT2D eigenvalue weighted by molar-refractivity contribution is 5.75. The van der Waals surface area contributed by atoms with Crippen LogP contribution in [0.3, 0.4) is 0 Å². The van der Waals surface area contributed by atoms with E-state index in [9.17, 15) is 4.79 Å². The standard InChI is InChI=1S/C9H20N2O2/c1-3-10-7-5-9(12)11-6-4-8-13-2/h10H,3-8H2,1-2H3,(H,11,12). The zero-order valence-electron chi connectivity index (χ0n) is 8.56. The van der Waals surface area contributed by atoms with Crippen LogP contribution < -0.4 is 10.6 Å². The first kappa shape index (κ1) is 12.4. The number of carbonyl (C=O) groups is 1. The Kier molecular flexibility index (Phi) is 9.03. The Morgan fingerprint density at radius 1 is 1.38 bits per heavy atom. The number of nitrogens with one attached hydrogen (secondary N) is 2. The van der Waals surface area contributed by atoms with Gasteiger partial charge in [0.2, 0.25) is 5.91 Å². The van der Waals surface area contributed by atoms with Gasteiger partial charge in [0.1, 0.15) is 0 Å². The molecule has 0 fully saturated rings. The largest absolute Gasteiger partial charge is 0.385 e. The molecule has 2 N–H and O–H groups in total. The van der Waals surface area contributed by atoms with E-state index in [0.29, 0.717) is 19.6 Å². The summed E-state index contributed by atoms with van der Waals surface area (Å²) in [5.41, 5.74) is 0. The van der Waals surface area contributed by atoms with E-state index in [1.807, 2.05) is 6.92 Å². The van der Waals surface area contributed by atoms with E-state index in [-0.39, 0.29) is 5.91 Å². The third-order valence-electron chi connectivity index (χ3n) is 1.63. The third-order valence-corrected chi connectivity index (χ3v) is 1.63. The van der Waals surface area contributed by atoms with Crippen molar-refractivity contribution in [3.05, 3.63) is 0 Å². The van der Waals surface area contributed by atoms with Crippen LogP contribution in [0.5, 0.6) is 0 Å². The van der Waals surface area contributed by atoms with Crippen molar-refractivity contribution >= 4 is 5.91 Å². The highest BCUT2D eigenvalue weighted by Crippen LogP contribution is 1.80. The molecule has 0 aromatic rings. The highest BCUT2D eigenvalue weighted by atomic mass is 16.5. The molecule has 0 aromatic carbocycles. The van der Waals surface area contributed by atoms with E-state index >= 15 is 0 Å². The zero-order valence-corrected chi connectivity index (χ0v) is 8.56. The van der Waals surface area contributed by atoms with Gasteiger partial charge >= 0.3 is 0 Å². The molecule has 0 bridgehead atoms. The molecular formula is C9H20N2O2. The predicted molar refractivity (Wildman–Crippen MR) is 52.7 cm³/mol. The molecule has 13 heavy (non-hydrogen) atoms. The van der Waals surface area contributed by atoms with Gasteiger partial charge in [0.15, 0.2) is 0 Å². The molecule has 0 radical (unpaired) electrons. The molecule has 1 amide bonds. The van der Waals surface area contributed by atoms with Crippen molar-refractivity contribution in [3.63, 3.8) is 0 Å². The first-order valence-corrected chi connectivity index (χ1v) is 4.77. The first-order valence-electron chi connectivity index (χ1n) is 4.77. The van der Waals surface area contributed by atoms with Crippen molar-refractivity contribution in [2.45, 2.75) is 19.8 Å². The fourth-order valence-electron chi connectivity index (χ4n) is 0.911. The van der Waals surface area contributed by atoms with Gasteiger partial charge in [0.05, 0.1) is 0 Å². The SMILES string of the molecule is CCNCCC(=O)NCCCOC. The number of carbonyl (C=O) groups excluding carboxylic acids is 1. The fraction of sp³-hybridized carbons (Fsp3) is 0.889. The van der Waals surface area contributed by atoms with Crippen LogP contribution in [0.4, 0.5) is 0 Å². The van der Waals surface area contributed by atoms with Crippen LogP contribution in [-0.4, -0.2) is 39.3 Å². The van der Waals surface area contributed by atoms with Crippen molar-refractivity contribution < 1.29 is 9.53 Å². The van der Waals surface area contributed by atoms with Gasteiger partial charge in [-0.25, -0.2) is 0 Å². The molecule has 0 rings (SSSR count). The van der Waals surface area contributed by atoms with Gasteiger partial charge in [-0.15, -0.1) is 0 Å². The molecule has 0 aromatic heterocycles. The van der Waals surface area contributed by atoms with Gasteiger partial charge in [-0.05, 0) is 13.0 Å². The molecule has 0 unspecified atom stereocenters. The first-order chi connectivity index (χ1) is 6.31. The lowest BCUT2D eigenvalue weighted by Crippen LogP contribution is -2.28. The predicted octanol–water partition coefficient (Wildman–Crippen LogP) is 0.139. The van der Waals surface area contributed by atoms with Crippen LogP contribution in [0.15, 0.2) is 0 Å². The summed E-state index contributed by atoms with van der Waals surface area (Å²) in [7, 11) is 1.66. The van der Waals surface area contributed by atoms with Gasteiger partial charge in [-0.1, -0.05) is 6.92 Å². The Hall–Kier alpha value is -0.610. The molecule has 0 aliphatic carbocycles. The lowest BCUT2D eigenvalue weighted by atomic mass is 10.3. The molecule has 78 valence electrons. The number of methoxy groups -OCH3 is 1. The molecule has 0 saturated heterocycles. The Morgan fingerprint density at radius 3 is 2.77 bits per heavy atom. The van der Waals surface area contributed by atoms with Crippen molar-refractivity contribution in [2.24, 2.45) is 0 Å². The van der Waals surface area contributed by atoms with Gasteiger partial charge in [-0.3, -0.25) is 4.79 Å². The van der Waals surface area contributed by atoms with Crippen molar-refractivity contribution in [2.75, 3.05) is 33.4 Å². The summed E-state index contributed by atoms with van der Waals surface area (Å²) < 4.78 is 4.86. The van der Waals surface area contributed by atoms with Gasteiger partial charge in [0, 0.05) is 33.2 Å². The molecular weight excluding hydrogens is 168 g/mol. The second-order valence-electron chi connectivity index (χ2n) is 2.80. The van der Waals surface area contributed by atoms with Crippen molar-refractivity contribution in [1.29, 1.82) is 0 Å². The molecule has 0 heterocycles. The monoisotopic (exact) mass is 188 g/mol. The summed E-state index contributed by atoms with van der Waals surface area (Å²) in [4.78, 5) is 11.1. The minimum Gasteiger partial charge on any atom is -0.385 e. The normalized spacial score (nSPS) is 10.0. The Bertz CT molecular complexity index is 129. The van der Waals surface area contributed by atoms with E-state index in [1.54, 1.807) is 7.11 Å². The maximum Gasteiger partial charge on any atom is 0.221 e. The fourth-order valence-corrected chi connectivity index (χ4v) is 0.911. The Morgan fingerprint density at radius 2 is 2.15 bits per heavy atom. The van der Waals surface area contributed by atoms with Gasteiger partial charge < -0.3 is 15.4 Å². The van der Waals surface area contributed by atoms with E-state index in [0.717, 1.165) is 19.5 Å². The smallest absolute Gasteiger partial charge is 0.221 e. The summed E-state index contributed by atoms with van der Waals surface area (Å²) in [6.07, 6.45) is 1.43. The molecule has 0 spiro atoms. The number of hydrogen-bond acceptors (Lipinski definition) is 3. The summed E-state index contributed by atoms with van der Waals surface area (Å²) in [6, 6.07) is 0. The van der Waals surface area contributed by atoms with Gasteiger partial charge in [-0.2, -0.15) is 0 Å². The quantitative estimate of drug-likeness (QED) is 0.533. The van der Waals surface area contributed by atoms with E-state index in [4.69, 9.17) is 4.74 Å². The average Bonchev–Trinajstić information content (AvgIpc) is 2.13. The average molecular weight is 188 g/mol. The molecule has 0 aliphatic heterocycles. The van der Waals surface area contributed by atoms with Crippen LogP contribution in [0.25, 0.3) is 0 Å². The van der Waals surface area contributed by atoms with Crippen LogP contribution in [0.1, 0.15) is 19.8 Å². The number of rotatable bonds is 8. The molecule has 0 aliphatic rings. The number of hydrogen-bond donors (Lipinski definition) is 2. The molecule has 0 saturated carbocycles. The lowest BCUT2D eigenvalue weighted by Gasteiger charge is -2.04. The third kappa shape index (κ3) is 9.30. The molecule has 4 nitrogen and oxygen atoms in total. The summed E-state index contributed by atoms with van der Waals surface area (Å²) in [6.45, 7) is 5.10. The zero-order chi connectivity index (χ0) is 9.94. The second-order valence-corrected chi connectivity index (χ2v) is 2.80. The minimum absolute atomic E-state index is 0.108. The van der Waals surface area contributed by atoms with E-state index in [2.05, 4.69) is 10.6 Å². The van der Waals surface area contributed by atoms with Crippen LogP contribution in [0.2, 0.25) is 0 Å². The Balaban J connectivity index is 3.11. The molecule has 4 heteroatoms.